The highest BCUT2D eigenvalue weighted by Gasteiger charge is 2.70. The van der Waals surface area contributed by atoms with Crippen molar-refractivity contribution in [3.05, 3.63) is 53.6 Å². The van der Waals surface area contributed by atoms with E-state index in [1.807, 2.05) is 12.1 Å². The average molecular weight is 573 g/mol. The van der Waals surface area contributed by atoms with Crippen molar-refractivity contribution in [2.45, 2.75) is 105 Å². The number of hydrogen-bond donors (Lipinski definition) is 3. The number of amides is 2. The van der Waals surface area contributed by atoms with E-state index in [9.17, 15) is 14.7 Å². The number of rotatable bonds is 4. The molecule has 0 aliphatic heterocycles. The topological polar surface area (TPSA) is 92.4 Å². The molecule has 9 unspecified atom stereocenters. The van der Waals surface area contributed by atoms with Crippen LogP contribution in [0.2, 0.25) is 0 Å². The van der Waals surface area contributed by atoms with E-state index >= 15 is 0 Å². The molecule has 2 amide bonds. The van der Waals surface area contributed by atoms with Gasteiger partial charge in [-0.2, -0.15) is 0 Å². The van der Waals surface area contributed by atoms with E-state index in [1.165, 1.54) is 36.8 Å². The number of aromatic carboxylic acids is 1. The number of nitrogens with two attached hydrogens (primary N) is 1. The average Bonchev–Trinajstić information content (AvgIpc) is 3.28. The van der Waals surface area contributed by atoms with E-state index in [2.05, 4.69) is 59.5 Å². The van der Waals surface area contributed by atoms with Gasteiger partial charge in [0.1, 0.15) is 0 Å². The van der Waals surface area contributed by atoms with Gasteiger partial charge in [0.05, 0.1) is 5.56 Å². The number of hydrogen-bond acceptors (Lipinski definition) is 2. The molecule has 0 saturated heterocycles. The first-order chi connectivity index (χ1) is 19.6. The van der Waals surface area contributed by atoms with Crippen molar-refractivity contribution < 1.29 is 14.7 Å². The van der Waals surface area contributed by atoms with Crippen LogP contribution in [0.15, 0.2) is 42.5 Å². The van der Waals surface area contributed by atoms with E-state index < -0.39 is 5.97 Å². The van der Waals surface area contributed by atoms with E-state index in [1.54, 1.807) is 12.1 Å². The van der Waals surface area contributed by atoms with Crippen LogP contribution in [0, 0.1) is 51.2 Å². The molecule has 0 heterocycles. The number of carboxylic acid groups (broad SMARTS) is 1. The van der Waals surface area contributed by atoms with Gasteiger partial charge in [0, 0.05) is 5.54 Å². The van der Waals surface area contributed by atoms with Crippen LogP contribution in [0.25, 0.3) is 5.57 Å². The monoisotopic (exact) mass is 572 g/mol. The van der Waals surface area contributed by atoms with Gasteiger partial charge in [-0.3, -0.25) is 0 Å². The second-order valence-corrected chi connectivity index (χ2v) is 16.3. The van der Waals surface area contributed by atoms with Crippen molar-refractivity contribution in [2.24, 2.45) is 57.0 Å². The van der Waals surface area contributed by atoms with Crippen LogP contribution in [-0.2, 0) is 0 Å². The van der Waals surface area contributed by atoms with Crippen LogP contribution < -0.4 is 11.1 Å². The molecule has 228 valence electrons. The fraction of sp³-hybridized carbons (Fsp3) is 0.676. The third-order valence-electron chi connectivity index (χ3n) is 14.5. The molecular weight excluding hydrogens is 520 g/mol. The highest BCUT2D eigenvalue weighted by molar-refractivity contribution is 5.88. The molecule has 0 bridgehead atoms. The highest BCUT2D eigenvalue weighted by atomic mass is 16.4. The number of carboxylic acids is 1. The Kier molecular flexibility index (Phi) is 6.65. The molecule has 5 aliphatic carbocycles. The maximum absolute atomic E-state index is 12.3. The predicted octanol–water partition coefficient (Wildman–Crippen LogP) is 8.46. The molecule has 4 fully saturated rings. The van der Waals surface area contributed by atoms with E-state index in [4.69, 9.17) is 5.73 Å². The Bertz CT molecular complexity index is 1340. The minimum absolute atomic E-state index is 0.000446. The third-order valence-corrected chi connectivity index (χ3v) is 14.5. The molecule has 0 spiro atoms. The molecule has 6 rings (SSSR count). The van der Waals surface area contributed by atoms with Gasteiger partial charge in [-0.25, -0.2) is 9.59 Å². The van der Waals surface area contributed by atoms with Crippen molar-refractivity contribution >= 4 is 17.6 Å². The summed E-state index contributed by atoms with van der Waals surface area (Å²) in [7, 11) is 0. The van der Waals surface area contributed by atoms with E-state index in [0.717, 1.165) is 37.7 Å². The first-order valence-corrected chi connectivity index (χ1v) is 16.4. The van der Waals surface area contributed by atoms with E-state index in [-0.39, 0.29) is 33.2 Å². The maximum Gasteiger partial charge on any atom is 0.335 e. The fourth-order valence-electron chi connectivity index (χ4n) is 12.5. The van der Waals surface area contributed by atoms with Crippen molar-refractivity contribution in [3.8, 4) is 0 Å². The van der Waals surface area contributed by atoms with Crippen LogP contribution in [0.4, 0.5) is 4.79 Å². The van der Waals surface area contributed by atoms with Crippen molar-refractivity contribution in [2.75, 3.05) is 0 Å². The first-order valence-electron chi connectivity index (χ1n) is 16.4. The van der Waals surface area contributed by atoms with Crippen LogP contribution in [0.5, 0.6) is 0 Å². The molecule has 5 nitrogen and oxygen atoms in total. The normalized spacial score (nSPS) is 43.6. The summed E-state index contributed by atoms with van der Waals surface area (Å²) < 4.78 is 0. The summed E-state index contributed by atoms with van der Waals surface area (Å²) in [4.78, 5) is 23.8. The predicted molar refractivity (Wildman–Crippen MR) is 169 cm³/mol. The largest absolute Gasteiger partial charge is 0.478 e. The molecule has 42 heavy (non-hydrogen) atoms. The van der Waals surface area contributed by atoms with Gasteiger partial charge in [0.2, 0.25) is 0 Å². The van der Waals surface area contributed by atoms with Gasteiger partial charge >= 0.3 is 12.0 Å². The SMILES string of the molecule is C=C(C)C1CCC2(NC(N)=O)CCC3(C)C(CCC4C5(C)CC=C(c6ccc(C(=O)O)cc6)C(C)(C)C5CCC43C)C12. The second-order valence-electron chi connectivity index (χ2n) is 16.3. The number of primary amides is 1. The van der Waals surface area contributed by atoms with Crippen LogP contribution in [-0.4, -0.2) is 22.6 Å². The van der Waals surface area contributed by atoms with Crippen molar-refractivity contribution in [1.82, 2.24) is 5.32 Å². The molecular formula is C37H52N2O3. The van der Waals surface area contributed by atoms with E-state index in [0.29, 0.717) is 35.2 Å². The molecule has 1 aromatic carbocycles. The minimum Gasteiger partial charge on any atom is -0.478 e. The molecule has 4 N–H and O–H groups in total. The van der Waals surface area contributed by atoms with Crippen molar-refractivity contribution in [3.63, 3.8) is 0 Å². The number of allylic oxidation sites excluding steroid dienone is 3. The summed E-state index contributed by atoms with van der Waals surface area (Å²) in [5.41, 5.74) is 10.4. The Morgan fingerprint density at radius 3 is 2.21 bits per heavy atom. The summed E-state index contributed by atoms with van der Waals surface area (Å²) in [6.45, 7) is 19.4. The van der Waals surface area contributed by atoms with Gasteiger partial charge in [-0.15, -0.1) is 0 Å². The van der Waals surface area contributed by atoms with Crippen LogP contribution >= 0.6 is 0 Å². The Morgan fingerprint density at radius 2 is 1.60 bits per heavy atom. The summed E-state index contributed by atoms with van der Waals surface area (Å²) in [6.07, 6.45) is 12.7. The molecule has 0 radical (unpaired) electrons. The minimum atomic E-state index is -0.876. The van der Waals surface area contributed by atoms with Gasteiger partial charge < -0.3 is 16.2 Å². The zero-order valence-corrected chi connectivity index (χ0v) is 26.7. The van der Waals surface area contributed by atoms with Gasteiger partial charge in [-0.1, -0.05) is 65.0 Å². The number of nitrogens with one attached hydrogen (secondary N) is 1. The fourth-order valence-corrected chi connectivity index (χ4v) is 12.5. The quantitative estimate of drug-likeness (QED) is 0.316. The van der Waals surface area contributed by atoms with Gasteiger partial charge in [0.25, 0.3) is 0 Å². The Hall–Kier alpha value is -2.56. The molecule has 4 saturated carbocycles. The van der Waals surface area contributed by atoms with Gasteiger partial charge in [0.15, 0.2) is 0 Å². The molecule has 5 aliphatic rings. The molecule has 1 aromatic rings. The Balaban J connectivity index is 1.36. The summed E-state index contributed by atoms with van der Waals surface area (Å²) >= 11 is 0. The first kappa shape index (κ1) is 29.5. The smallest absolute Gasteiger partial charge is 0.335 e. The summed E-state index contributed by atoms with van der Waals surface area (Å²) in [5, 5.41) is 12.7. The third kappa shape index (κ3) is 3.86. The number of carbonyl (C=O) groups is 2. The van der Waals surface area contributed by atoms with Crippen LogP contribution in [0.3, 0.4) is 0 Å². The zero-order chi connectivity index (χ0) is 30.5. The lowest BCUT2D eigenvalue weighted by atomic mass is 9.33. The molecule has 0 aromatic heterocycles. The number of urea groups is 1. The lowest BCUT2D eigenvalue weighted by molar-refractivity contribution is -0.218. The number of benzene rings is 1. The Labute approximate surface area is 252 Å². The lowest BCUT2D eigenvalue weighted by Crippen LogP contribution is -2.68. The maximum atomic E-state index is 12.3. The summed E-state index contributed by atoms with van der Waals surface area (Å²) in [5.74, 6) is 1.74. The molecule has 9 atom stereocenters. The van der Waals surface area contributed by atoms with Crippen molar-refractivity contribution in [1.29, 1.82) is 0 Å². The highest BCUT2D eigenvalue weighted by Crippen LogP contribution is 2.76. The number of fused-ring (bicyclic) bond motifs is 7. The Morgan fingerprint density at radius 1 is 0.905 bits per heavy atom. The zero-order valence-electron chi connectivity index (χ0n) is 26.7. The van der Waals surface area contributed by atoms with Gasteiger partial charge in [-0.05, 0) is 139 Å². The lowest BCUT2D eigenvalue weighted by Gasteiger charge is -2.72. The number of carbonyl (C=O) groups excluding carboxylic acids is 1. The second kappa shape index (κ2) is 9.47. The van der Waals surface area contributed by atoms with Crippen LogP contribution in [0.1, 0.15) is 115 Å². The standard InChI is InChI=1S/C37H52N2O3/c1-22(2)25-14-19-37(39-32(38)42)21-20-35(6)27(30(25)37)12-13-29-34(5)17-15-26(23-8-10-24(11-9-23)31(40)41)33(3,4)28(34)16-18-36(29,35)7/h8-11,15,25,27-30H,1,12-14,16-21H2,2-7H3,(H,40,41)(H3,38,39,42). The summed E-state index contributed by atoms with van der Waals surface area (Å²) in [6, 6.07) is 7.14. The molecule has 5 heteroatoms.